The van der Waals surface area contributed by atoms with E-state index in [1.807, 2.05) is 28.0 Å². The van der Waals surface area contributed by atoms with Crippen molar-refractivity contribution in [3.63, 3.8) is 0 Å². The van der Waals surface area contributed by atoms with Crippen LogP contribution in [0.1, 0.15) is 50.5 Å². The summed E-state index contributed by atoms with van der Waals surface area (Å²) in [5, 5.41) is 3.02. The van der Waals surface area contributed by atoms with E-state index in [1.54, 1.807) is 0 Å². The molecule has 3 amide bonds. The molecule has 1 aromatic rings. The summed E-state index contributed by atoms with van der Waals surface area (Å²) in [4.78, 5) is 29.3. The Morgan fingerprint density at radius 1 is 0.967 bits per heavy atom. The third-order valence-corrected chi connectivity index (χ3v) is 7.09. The van der Waals surface area contributed by atoms with E-state index in [9.17, 15) is 9.59 Å². The molecule has 0 aliphatic carbocycles. The van der Waals surface area contributed by atoms with Crippen molar-refractivity contribution in [2.45, 2.75) is 57.0 Å². The van der Waals surface area contributed by atoms with Gasteiger partial charge >= 0.3 is 6.03 Å². The van der Waals surface area contributed by atoms with Gasteiger partial charge in [-0.3, -0.25) is 4.79 Å². The zero-order chi connectivity index (χ0) is 20.8. The average molecular weight is 414 g/mol. The number of carbonyl (C=O) groups excluding carboxylic acids is 2. The summed E-state index contributed by atoms with van der Waals surface area (Å²) in [6.07, 6.45) is 7.88. The highest BCUT2D eigenvalue weighted by molar-refractivity contribution is 5.80. The monoisotopic (exact) mass is 413 g/mol. The van der Waals surface area contributed by atoms with Crippen molar-refractivity contribution in [2.24, 2.45) is 5.92 Å². The van der Waals surface area contributed by atoms with E-state index >= 15 is 0 Å². The molecule has 0 bridgehead atoms. The third kappa shape index (κ3) is 5.15. The topological polar surface area (TPSA) is 61.9 Å². The second-order valence-corrected chi connectivity index (χ2v) is 9.04. The number of carbonyl (C=O) groups is 2. The molecule has 164 valence electrons. The van der Waals surface area contributed by atoms with Gasteiger partial charge in [0.25, 0.3) is 0 Å². The number of hydrogen-bond acceptors (Lipinski definition) is 3. The molecule has 0 saturated carbocycles. The number of amides is 3. The predicted octanol–water partition coefficient (Wildman–Crippen LogP) is 3.21. The molecule has 0 unspecified atom stereocenters. The van der Waals surface area contributed by atoms with Gasteiger partial charge in [0, 0.05) is 45.2 Å². The summed E-state index contributed by atoms with van der Waals surface area (Å²) in [5.41, 5.74) is 1.26. The fourth-order valence-electron chi connectivity index (χ4n) is 5.10. The lowest BCUT2D eigenvalue weighted by Gasteiger charge is -2.45. The molecule has 0 atom stereocenters. The van der Waals surface area contributed by atoms with Crippen LogP contribution in [0.25, 0.3) is 0 Å². The molecule has 1 aromatic carbocycles. The first kappa shape index (κ1) is 21.2. The summed E-state index contributed by atoms with van der Waals surface area (Å²) in [6.45, 7) is 4.47. The Labute approximate surface area is 179 Å². The number of piperidine rings is 2. The summed E-state index contributed by atoms with van der Waals surface area (Å²) in [7, 11) is 0. The standard InChI is InChI=1S/C24H35N3O3/c28-22(26-17-12-24(13-18-26)11-4-5-19-30-24)21-9-15-27(16-10-21)23(29)25-14-8-20-6-2-1-3-7-20/h1-3,6-7,21H,4-5,8-19H2,(H,25,29). The third-order valence-electron chi connectivity index (χ3n) is 7.09. The summed E-state index contributed by atoms with van der Waals surface area (Å²) in [5.74, 6) is 0.337. The maximum atomic E-state index is 13.0. The van der Waals surface area contributed by atoms with Crippen molar-refractivity contribution >= 4 is 11.9 Å². The Bertz CT molecular complexity index is 700. The van der Waals surface area contributed by atoms with E-state index in [0.29, 0.717) is 19.6 Å². The first-order chi connectivity index (χ1) is 14.7. The number of likely N-dealkylation sites (tertiary alicyclic amines) is 2. The van der Waals surface area contributed by atoms with Crippen molar-refractivity contribution in [3.05, 3.63) is 35.9 Å². The van der Waals surface area contributed by atoms with E-state index < -0.39 is 0 Å². The van der Waals surface area contributed by atoms with Gasteiger partial charge in [-0.1, -0.05) is 30.3 Å². The van der Waals surface area contributed by atoms with Crippen molar-refractivity contribution in [1.29, 1.82) is 0 Å². The van der Waals surface area contributed by atoms with Gasteiger partial charge in [-0.15, -0.1) is 0 Å². The van der Waals surface area contributed by atoms with Crippen molar-refractivity contribution < 1.29 is 14.3 Å². The van der Waals surface area contributed by atoms with Crippen molar-refractivity contribution in [3.8, 4) is 0 Å². The SMILES string of the molecule is O=C(NCCc1ccccc1)N1CCC(C(=O)N2CCC3(CCCCO3)CC2)CC1. The molecule has 3 saturated heterocycles. The Kier molecular flexibility index (Phi) is 6.93. The van der Waals surface area contributed by atoms with Crippen molar-refractivity contribution in [2.75, 3.05) is 39.3 Å². The van der Waals surface area contributed by atoms with Gasteiger partial charge in [0.1, 0.15) is 0 Å². The highest BCUT2D eigenvalue weighted by atomic mass is 16.5. The Morgan fingerprint density at radius 3 is 2.37 bits per heavy atom. The van der Waals surface area contributed by atoms with Crippen molar-refractivity contribution in [1.82, 2.24) is 15.1 Å². The number of hydrogen-bond donors (Lipinski definition) is 1. The van der Waals surface area contributed by atoms with E-state index in [4.69, 9.17) is 4.74 Å². The zero-order valence-electron chi connectivity index (χ0n) is 18.0. The van der Waals surface area contributed by atoms with Crippen LogP contribution in [0, 0.1) is 5.92 Å². The van der Waals surface area contributed by atoms with Gasteiger partial charge in [0.15, 0.2) is 0 Å². The first-order valence-corrected chi connectivity index (χ1v) is 11.6. The van der Waals surface area contributed by atoms with E-state index in [1.165, 1.54) is 18.4 Å². The fraction of sp³-hybridized carbons (Fsp3) is 0.667. The summed E-state index contributed by atoms with van der Waals surface area (Å²) >= 11 is 0. The molecular formula is C24H35N3O3. The van der Waals surface area contributed by atoms with Gasteiger partial charge in [-0.25, -0.2) is 4.79 Å². The Balaban J connectivity index is 1.17. The van der Waals surface area contributed by atoms with E-state index in [0.717, 1.165) is 58.2 Å². The second-order valence-electron chi connectivity index (χ2n) is 9.04. The molecule has 3 aliphatic heterocycles. The minimum atomic E-state index is -0.00816. The van der Waals surface area contributed by atoms with Crippen LogP contribution < -0.4 is 5.32 Å². The lowest BCUT2D eigenvalue weighted by molar-refractivity contribution is -0.147. The molecule has 3 aliphatic rings. The molecule has 1 N–H and O–H groups in total. The number of benzene rings is 1. The Morgan fingerprint density at radius 2 is 1.70 bits per heavy atom. The van der Waals surface area contributed by atoms with Gasteiger partial charge in [-0.2, -0.15) is 0 Å². The smallest absolute Gasteiger partial charge is 0.317 e. The average Bonchev–Trinajstić information content (AvgIpc) is 2.80. The molecule has 3 fully saturated rings. The maximum absolute atomic E-state index is 13.0. The van der Waals surface area contributed by atoms with Crippen LogP contribution in [0.15, 0.2) is 30.3 Å². The number of nitrogens with one attached hydrogen (secondary N) is 1. The molecule has 0 radical (unpaired) electrons. The number of ether oxygens (including phenoxy) is 1. The highest BCUT2D eigenvalue weighted by Crippen LogP contribution is 2.35. The lowest BCUT2D eigenvalue weighted by atomic mass is 9.84. The van der Waals surface area contributed by atoms with Gasteiger partial charge in [0.05, 0.1) is 5.60 Å². The minimum absolute atomic E-state index is 0.00816. The molecule has 6 nitrogen and oxygen atoms in total. The maximum Gasteiger partial charge on any atom is 0.317 e. The number of rotatable bonds is 4. The largest absolute Gasteiger partial charge is 0.375 e. The number of urea groups is 1. The van der Waals surface area contributed by atoms with Crippen LogP contribution in [-0.2, 0) is 16.0 Å². The van der Waals surface area contributed by atoms with Gasteiger partial charge in [0.2, 0.25) is 5.91 Å². The Hall–Kier alpha value is -2.08. The lowest BCUT2D eigenvalue weighted by Crippen LogP contribution is -2.52. The summed E-state index contributed by atoms with van der Waals surface area (Å²) in [6, 6.07) is 10.2. The fourth-order valence-corrected chi connectivity index (χ4v) is 5.10. The molecule has 6 heteroatoms. The molecule has 1 spiro atoms. The molecule has 0 aromatic heterocycles. The van der Waals surface area contributed by atoms with Crippen LogP contribution in [0.3, 0.4) is 0 Å². The minimum Gasteiger partial charge on any atom is -0.375 e. The highest BCUT2D eigenvalue weighted by Gasteiger charge is 2.39. The quantitative estimate of drug-likeness (QED) is 0.825. The van der Waals surface area contributed by atoms with Crippen LogP contribution >= 0.6 is 0 Å². The summed E-state index contributed by atoms with van der Waals surface area (Å²) < 4.78 is 6.09. The first-order valence-electron chi connectivity index (χ1n) is 11.6. The molecule has 4 rings (SSSR count). The molecular weight excluding hydrogens is 378 g/mol. The zero-order valence-corrected chi connectivity index (χ0v) is 18.0. The van der Waals surface area contributed by atoms with Crippen LogP contribution in [-0.4, -0.2) is 66.7 Å². The number of nitrogens with zero attached hydrogens (tertiary/aromatic N) is 2. The normalized spacial score (nSPS) is 22.1. The predicted molar refractivity (Wildman–Crippen MR) is 116 cm³/mol. The van der Waals surface area contributed by atoms with E-state index in [2.05, 4.69) is 17.4 Å². The van der Waals surface area contributed by atoms with Crippen LogP contribution in [0.2, 0.25) is 0 Å². The van der Waals surface area contributed by atoms with Crippen LogP contribution in [0.5, 0.6) is 0 Å². The van der Waals surface area contributed by atoms with Gasteiger partial charge in [-0.05, 0) is 56.9 Å². The molecule has 3 heterocycles. The van der Waals surface area contributed by atoms with E-state index in [-0.39, 0.29) is 23.5 Å². The van der Waals surface area contributed by atoms with Crippen LogP contribution in [0.4, 0.5) is 4.79 Å². The van der Waals surface area contributed by atoms with Gasteiger partial charge < -0.3 is 19.9 Å². The molecule has 30 heavy (non-hydrogen) atoms. The second kappa shape index (κ2) is 9.82.